The number of aromatic amines is 1. The highest BCUT2D eigenvalue weighted by molar-refractivity contribution is 8.02. The highest BCUT2D eigenvalue weighted by Gasteiger charge is 2.29. The molecule has 21 heavy (non-hydrogen) atoms. The molecule has 1 aliphatic heterocycles. The van der Waals surface area contributed by atoms with Crippen LogP contribution in [0.15, 0.2) is 54.7 Å². The Bertz CT molecular complexity index is 984. The van der Waals surface area contributed by atoms with Gasteiger partial charge in [0.2, 0.25) is 0 Å². The highest BCUT2D eigenvalue weighted by Crippen LogP contribution is 2.38. The lowest BCUT2D eigenvalue weighted by Crippen LogP contribution is -2.05. The van der Waals surface area contributed by atoms with E-state index in [1.54, 1.807) is 12.1 Å². The van der Waals surface area contributed by atoms with Gasteiger partial charge in [-0.25, -0.2) is 8.42 Å². The fourth-order valence-electron chi connectivity index (χ4n) is 2.64. The molecule has 0 saturated carbocycles. The zero-order chi connectivity index (χ0) is 14.4. The predicted molar refractivity (Wildman–Crippen MR) is 85.2 cm³/mol. The summed E-state index contributed by atoms with van der Waals surface area (Å²) < 4.78 is 27.2. The van der Waals surface area contributed by atoms with Gasteiger partial charge >= 0.3 is 0 Å². The number of H-pyrrole nitrogens is 1. The normalized spacial score (nSPS) is 17.8. The third-order valence-corrected chi connectivity index (χ3v) is 5.04. The monoisotopic (exact) mass is 296 g/mol. The van der Waals surface area contributed by atoms with Gasteiger partial charge in [0.1, 0.15) is 0 Å². The van der Waals surface area contributed by atoms with E-state index < -0.39 is 10.0 Å². The Kier molecular flexibility index (Phi) is 2.46. The zero-order valence-corrected chi connectivity index (χ0v) is 11.8. The summed E-state index contributed by atoms with van der Waals surface area (Å²) in [6, 6.07) is 15.1. The van der Waals surface area contributed by atoms with Crippen molar-refractivity contribution in [3.8, 4) is 0 Å². The summed E-state index contributed by atoms with van der Waals surface area (Å²) in [5.74, 6) is 0. The van der Waals surface area contributed by atoms with Gasteiger partial charge in [0, 0.05) is 28.2 Å². The number of para-hydroxylation sites is 2. The van der Waals surface area contributed by atoms with Gasteiger partial charge in [0.15, 0.2) is 0 Å². The van der Waals surface area contributed by atoms with Crippen LogP contribution in [0.3, 0.4) is 0 Å². The van der Waals surface area contributed by atoms with E-state index in [2.05, 4.69) is 9.71 Å². The van der Waals surface area contributed by atoms with Gasteiger partial charge in [-0.1, -0.05) is 36.4 Å². The molecular formula is C16H12N2O2S. The summed E-state index contributed by atoms with van der Waals surface area (Å²) in [5.41, 5.74) is 3.19. The maximum atomic E-state index is 12.3. The van der Waals surface area contributed by atoms with E-state index >= 15 is 0 Å². The number of fused-ring (bicyclic) bond motifs is 2. The molecule has 2 aromatic carbocycles. The van der Waals surface area contributed by atoms with E-state index in [1.807, 2.05) is 48.7 Å². The predicted octanol–water partition coefficient (Wildman–Crippen LogP) is 3.42. The molecule has 2 heterocycles. The second-order valence-electron chi connectivity index (χ2n) is 4.95. The zero-order valence-electron chi connectivity index (χ0n) is 11.0. The summed E-state index contributed by atoms with van der Waals surface area (Å²) in [6.45, 7) is 0. The first-order chi connectivity index (χ1) is 10.1. The lowest BCUT2D eigenvalue weighted by atomic mass is 10.1. The summed E-state index contributed by atoms with van der Waals surface area (Å²) >= 11 is 0. The maximum Gasteiger partial charge on any atom is 0.262 e. The molecule has 0 saturated heterocycles. The molecule has 1 aromatic heterocycles. The number of rotatable bonds is 1. The summed E-state index contributed by atoms with van der Waals surface area (Å²) in [4.78, 5) is 3.46. The van der Waals surface area contributed by atoms with E-state index in [0.717, 1.165) is 16.5 Å². The Balaban J connectivity index is 1.97. The summed E-state index contributed by atoms with van der Waals surface area (Å²) in [5, 5.41) is 1.00. The largest absolute Gasteiger partial charge is 0.361 e. The molecule has 0 spiro atoms. The van der Waals surface area contributed by atoms with Crippen molar-refractivity contribution in [1.29, 1.82) is 0 Å². The van der Waals surface area contributed by atoms with Crippen LogP contribution in [0.5, 0.6) is 0 Å². The van der Waals surface area contributed by atoms with Gasteiger partial charge in [-0.3, -0.25) is 4.72 Å². The Morgan fingerprint density at radius 1 is 0.952 bits per heavy atom. The van der Waals surface area contributed by atoms with E-state index in [0.29, 0.717) is 16.2 Å². The highest BCUT2D eigenvalue weighted by atomic mass is 32.2. The number of sulfonamides is 1. The number of nitrogens with one attached hydrogen (secondary N) is 2. The van der Waals surface area contributed by atoms with Crippen LogP contribution >= 0.6 is 0 Å². The standard InChI is InChI=1S/C16H12N2O2S/c19-21(20)16(13-6-2-4-8-15(13)18-21)9-11-10-17-14-7-3-1-5-12(11)14/h1-10,17-18H/b16-9+. The minimum absolute atomic E-state index is 0.308. The van der Waals surface area contributed by atoms with Gasteiger partial charge < -0.3 is 4.98 Å². The van der Waals surface area contributed by atoms with Crippen molar-refractivity contribution >= 4 is 37.6 Å². The molecule has 0 atom stereocenters. The van der Waals surface area contributed by atoms with Crippen LogP contribution in [-0.2, 0) is 10.0 Å². The lowest BCUT2D eigenvalue weighted by Gasteiger charge is -1.98. The Hall–Kier alpha value is -2.53. The number of aromatic nitrogens is 1. The van der Waals surface area contributed by atoms with Crippen molar-refractivity contribution in [3.05, 3.63) is 65.9 Å². The van der Waals surface area contributed by atoms with Gasteiger partial charge in [0.25, 0.3) is 10.0 Å². The van der Waals surface area contributed by atoms with E-state index in [4.69, 9.17) is 0 Å². The minimum atomic E-state index is -3.49. The van der Waals surface area contributed by atoms with Crippen LogP contribution in [0, 0.1) is 0 Å². The quantitative estimate of drug-likeness (QED) is 0.722. The fourth-order valence-corrected chi connectivity index (χ4v) is 3.97. The minimum Gasteiger partial charge on any atom is -0.361 e. The van der Waals surface area contributed by atoms with Gasteiger partial charge in [-0.15, -0.1) is 0 Å². The van der Waals surface area contributed by atoms with Crippen LogP contribution < -0.4 is 4.72 Å². The van der Waals surface area contributed by atoms with Crippen LogP contribution in [0.1, 0.15) is 11.1 Å². The smallest absolute Gasteiger partial charge is 0.262 e. The average molecular weight is 296 g/mol. The lowest BCUT2D eigenvalue weighted by molar-refractivity contribution is 0.611. The van der Waals surface area contributed by atoms with Crippen LogP contribution in [0.25, 0.3) is 21.9 Å². The first kappa shape index (κ1) is 12.2. The van der Waals surface area contributed by atoms with Crippen molar-refractivity contribution in [2.24, 2.45) is 0 Å². The third-order valence-electron chi connectivity index (χ3n) is 3.63. The maximum absolute atomic E-state index is 12.3. The number of anilines is 1. The van der Waals surface area contributed by atoms with Gasteiger partial charge in [-0.05, 0) is 18.2 Å². The van der Waals surface area contributed by atoms with Crippen molar-refractivity contribution in [3.63, 3.8) is 0 Å². The Morgan fingerprint density at radius 3 is 2.62 bits per heavy atom. The van der Waals surface area contributed by atoms with Crippen molar-refractivity contribution in [2.75, 3.05) is 4.72 Å². The number of hydrogen-bond acceptors (Lipinski definition) is 2. The van der Waals surface area contributed by atoms with E-state index in [1.165, 1.54) is 0 Å². The molecule has 4 rings (SSSR count). The summed E-state index contributed by atoms with van der Waals surface area (Å²) in [6.07, 6.45) is 3.54. The molecule has 104 valence electrons. The number of hydrogen-bond donors (Lipinski definition) is 2. The molecule has 2 N–H and O–H groups in total. The molecule has 0 fully saturated rings. The van der Waals surface area contributed by atoms with Gasteiger partial charge in [-0.2, -0.15) is 0 Å². The molecule has 0 radical (unpaired) electrons. The van der Waals surface area contributed by atoms with Crippen molar-refractivity contribution < 1.29 is 8.42 Å². The second kappa shape index (κ2) is 4.23. The molecule has 0 amide bonds. The Labute approximate surface area is 122 Å². The Morgan fingerprint density at radius 2 is 1.71 bits per heavy atom. The fraction of sp³-hybridized carbons (Fsp3) is 0. The van der Waals surface area contributed by atoms with E-state index in [-0.39, 0.29) is 0 Å². The average Bonchev–Trinajstić information content (AvgIpc) is 2.99. The molecule has 0 unspecified atom stereocenters. The molecule has 0 aliphatic carbocycles. The molecular weight excluding hydrogens is 284 g/mol. The van der Waals surface area contributed by atoms with Crippen LogP contribution in [-0.4, -0.2) is 13.4 Å². The third kappa shape index (κ3) is 1.86. The topological polar surface area (TPSA) is 62.0 Å². The molecule has 4 nitrogen and oxygen atoms in total. The first-order valence-corrected chi connectivity index (χ1v) is 8.03. The van der Waals surface area contributed by atoms with Crippen molar-refractivity contribution in [1.82, 2.24) is 4.98 Å². The van der Waals surface area contributed by atoms with Gasteiger partial charge in [0.05, 0.1) is 10.6 Å². The number of benzene rings is 2. The van der Waals surface area contributed by atoms with Crippen LogP contribution in [0.4, 0.5) is 5.69 Å². The van der Waals surface area contributed by atoms with E-state index in [9.17, 15) is 8.42 Å². The summed E-state index contributed by atoms with van der Waals surface area (Å²) in [7, 11) is -3.49. The SMILES string of the molecule is O=S1(=O)Nc2ccccc2/C1=C\c1c[nH]c2ccccc12. The molecule has 5 heteroatoms. The molecule has 0 bridgehead atoms. The first-order valence-electron chi connectivity index (χ1n) is 6.55. The van der Waals surface area contributed by atoms with Crippen molar-refractivity contribution in [2.45, 2.75) is 0 Å². The molecule has 3 aromatic rings. The second-order valence-corrected chi connectivity index (χ2v) is 6.60. The molecule has 1 aliphatic rings. The van der Waals surface area contributed by atoms with Crippen LogP contribution in [0.2, 0.25) is 0 Å².